The van der Waals surface area contributed by atoms with E-state index in [0.29, 0.717) is 12.5 Å². The summed E-state index contributed by atoms with van der Waals surface area (Å²) in [7, 11) is 0. The average Bonchev–Trinajstić information content (AvgIpc) is 2.31. The number of hydrogen-bond acceptors (Lipinski definition) is 3. The largest absolute Gasteiger partial charge is 0.494 e. The summed E-state index contributed by atoms with van der Waals surface area (Å²) in [5.74, 6) is 1.62. The maximum atomic E-state index is 5.87. The lowest BCUT2D eigenvalue weighted by Crippen LogP contribution is -2.27. The summed E-state index contributed by atoms with van der Waals surface area (Å²) < 4.78 is 5.66. The van der Waals surface area contributed by atoms with Gasteiger partial charge in [0.1, 0.15) is 5.75 Å². The maximum Gasteiger partial charge on any atom is 0.123 e. The molecule has 0 aliphatic rings. The summed E-state index contributed by atoms with van der Waals surface area (Å²) in [6, 6.07) is 5.89. The zero-order valence-corrected chi connectivity index (χ0v) is 12.1. The average molecular weight is 250 g/mol. The zero-order valence-electron chi connectivity index (χ0n) is 12.1. The highest BCUT2D eigenvalue weighted by atomic mass is 16.5. The van der Waals surface area contributed by atoms with Crippen LogP contribution < -0.4 is 10.5 Å². The third-order valence-corrected chi connectivity index (χ3v) is 2.85. The molecule has 0 saturated heterocycles. The van der Waals surface area contributed by atoms with E-state index in [1.165, 1.54) is 5.56 Å². The molecule has 1 rings (SSSR count). The lowest BCUT2D eigenvalue weighted by atomic mass is 10.1. The van der Waals surface area contributed by atoms with Crippen LogP contribution in [0.5, 0.6) is 5.75 Å². The van der Waals surface area contributed by atoms with Gasteiger partial charge >= 0.3 is 0 Å². The van der Waals surface area contributed by atoms with Crippen molar-refractivity contribution in [2.45, 2.75) is 34.2 Å². The second-order valence-corrected chi connectivity index (χ2v) is 5.02. The molecule has 0 bridgehead atoms. The molecule has 1 aromatic rings. The van der Waals surface area contributed by atoms with Crippen LogP contribution in [0.4, 0.5) is 5.69 Å². The van der Waals surface area contributed by atoms with Crippen molar-refractivity contribution >= 4 is 5.69 Å². The molecule has 102 valence electrons. The fourth-order valence-electron chi connectivity index (χ4n) is 2.08. The van der Waals surface area contributed by atoms with Gasteiger partial charge in [-0.25, -0.2) is 0 Å². The van der Waals surface area contributed by atoms with Crippen molar-refractivity contribution in [1.29, 1.82) is 0 Å². The number of nitrogens with zero attached hydrogens (tertiary/aromatic N) is 1. The number of anilines is 1. The number of benzene rings is 1. The molecule has 0 aliphatic heterocycles. The fraction of sp³-hybridized carbons (Fsp3) is 0.600. The molecule has 0 radical (unpaired) electrons. The lowest BCUT2D eigenvalue weighted by molar-refractivity contribution is 0.242. The van der Waals surface area contributed by atoms with E-state index in [1.807, 2.05) is 25.1 Å². The molecule has 2 N–H and O–H groups in total. The highest BCUT2D eigenvalue weighted by Gasteiger charge is 2.10. The van der Waals surface area contributed by atoms with Gasteiger partial charge in [-0.05, 0) is 37.6 Å². The Kier molecular flexibility index (Phi) is 5.99. The highest BCUT2D eigenvalue weighted by molar-refractivity contribution is 5.47. The Labute approximate surface area is 111 Å². The van der Waals surface area contributed by atoms with Gasteiger partial charge in [-0.1, -0.05) is 20.8 Å². The number of hydrogen-bond donors (Lipinski definition) is 1. The minimum absolute atomic E-state index is 0.668. The Balaban J connectivity index is 2.82. The molecule has 1 aromatic carbocycles. The highest BCUT2D eigenvalue weighted by Crippen LogP contribution is 2.23. The summed E-state index contributed by atoms with van der Waals surface area (Å²) in [6.45, 7) is 12.4. The van der Waals surface area contributed by atoms with Gasteiger partial charge in [0.05, 0.1) is 6.61 Å². The van der Waals surface area contributed by atoms with Gasteiger partial charge < -0.3 is 10.5 Å². The molecular formula is C15H26N2O. The van der Waals surface area contributed by atoms with E-state index >= 15 is 0 Å². The van der Waals surface area contributed by atoms with Gasteiger partial charge in [-0.3, -0.25) is 4.90 Å². The van der Waals surface area contributed by atoms with E-state index in [9.17, 15) is 0 Å². The van der Waals surface area contributed by atoms with Gasteiger partial charge in [-0.15, -0.1) is 0 Å². The third-order valence-electron chi connectivity index (χ3n) is 2.85. The van der Waals surface area contributed by atoms with Crippen LogP contribution in [0, 0.1) is 5.92 Å². The molecule has 0 heterocycles. The standard InChI is InChI=1S/C15H26N2O/c1-5-17(10-12(3)4)11-13-9-14(16)7-8-15(13)18-6-2/h7-9,12H,5-6,10-11,16H2,1-4H3. The minimum atomic E-state index is 0.668. The quantitative estimate of drug-likeness (QED) is 0.756. The van der Waals surface area contributed by atoms with E-state index < -0.39 is 0 Å². The SMILES string of the molecule is CCOc1ccc(N)cc1CN(CC)CC(C)C. The zero-order chi connectivity index (χ0) is 13.5. The number of nitrogen functional groups attached to an aromatic ring is 1. The first-order valence-electron chi connectivity index (χ1n) is 6.80. The van der Waals surface area contributed by atoms with Crippen molar-refractivity contribution in [3.8, 4) is 5.75 Å². The monoisotopic (exact) mass is 250 g/mol. The van der Waals surface area contributed by atoms with Gasteiger partial charge in [0.15, 0.2) is 0 Å². The van der Waals surface area contributed by atoms with Crippen molar-refractivity contribution in [1.82, 2.24) is 4.90 Å². The van der Waals surface area contributed by atoms with Crippen LogP contribution in [0.2, 0.25) is 0 Å². The van der Waals surface area contributed by atoms with Gasteiger partial charge in [0.25, 0.3) is 0 Å². The molecule has 3 heteroatoms. The molecule has 18 heavy (non-hydrogen) atoms. The van der Waals surface area contributed by atoms with E-state index in [2.05, 4.69) is 25.7 Å². The van der Waals surface area contributed by atoms with E-state index in [-0.39, 0.29) is 0 Å². The summed E-state index contributed by atoms with van der Waals surface area (Å²) in [5, 5.41) is 0. The second-order valence-electron chi connectivity index (χ2n) is 5.02. The van der Waals surface area contributed by atoms with Crippen LogP contribution in [0.1, 0.15) is 33.3 Å². The van der Waals surface area contributed by atoms with E-state index in [0.717, 1.165) is 31.1 Å². The summed E-state index contributed by atoms with van der Waals surface area (Å²) in [5.41, 5.74) is 7.85. The van der Waals surface area contributed by atoms with Crippen LogP contribution in [0.15, 0.2) is 18.2 Å². The Hall–Kier alpha value is -1.22. The summed E-state index contributed by atoms with van der Waals surface area (Å²) in [4.78, 5) is 2.42. The Morgan fingerprint density at radius 2 is 2.00 bits per heavy atom. The normalized spacial score (nSPS) is 11.2. The molecule has 0 fully saturated rings. The topological polar surface area (TPSA) is 38.5 Å². The molecule has 0 atom stereocenters. The Morgan fingerprint density at radius 3 is 2.56 bits per heavy atom. The first kappa shape index (κ1) is 14.8. The Morgan fingerprint density at radius 1 is 1.28 bits per heavy atom. The lowest BCUT2D eigenvalue weighted by Gasteiger charge is -2.24. The van der Waals surface area contributed by atoms with Crippen LogP contribution in [-0.2, 0) is 6.54 Å². The third kappa shape index (κ3) is 4.57. The van der Waals surface area contributed by atoms with Crippen LogP contribution in [-0.4, -0.2) is 24.6 Å². The fourth-order valence-corrected chi connectivity index (χ4v) is 2.08. The number of nitrogens with two attached hydrogens (primary N) is 1. The molecule has 0 spiro atoms. The van der Waals surface area contributed by atoms with Gasteiger partial charge in [0.2, 0.25) is 0 Å². The van der Waals surface area contributed by atoms with Gasteiger partial charge in [0, 0.05) is 24.3 Å². The molecule has 0 aromatic heterocycles. The number of ether oxygens (including phenoxy) is 1. The minimum Gasteiger partial charge on any atom is -0.494 e. The first-order chi connectivity index (χ1) is 8.56. The van der Waals surface area contributed by atoms with E-state index in [4.69, 9.17) is 10.5 Å². The molecular weight excluding hydrogens is 224 g/mol. The van der Waals surface area contributed by atoms with Crippen LogP contribution >= 0.6 is 0 Å². The molecule has 0 saturated carbocycles. The molecule has 3 nitrogen and oxygen atoms in total. The van der Waals surface area contributed by atoms with Crippen LogP contribution in [0.25, 0.3) is 0 Å². The number of rotatable bonds is 7. The molecule has 0 aliphatic carbocycles. The predicted molar refractivity (Wildman–Crippen MR) is 77.8 cm³/mol. The second kappa shape index (κ2) is 7.27. The Bertz CT molecular complexity index is 364. The molecule has 0 amide bonds. The van der Waals surface area contributed by atoms with Crippen LogP contribution in [0.3, 0.4) is 0 Å². The van der Waals surface area contributed by atoms with Crippen molar-refractivity contribution in [2.75, 3.05) is 25.4 Å². The van der Waals surface area contributed by atoms with Crippen molar-refractivity contribution in [3.05, 3.63) is 23.8 Å². The van der Waals surface area contributed by atoms with Crippen molar-refractivity contribution in [2.24, 2.45) is 5.92 Å². The predicted octanol–water partition coefficient (Wildman–Crippen LogP) is 3.15. The maximum absolute atomic E-state index is 5.87. The van der Waals surface area contributed by atoms with Crippen molar-refractivity contribution < 1.29 is 4.74 Å². The molecule has 0 unspecified atom stereocenters. The summed E-state index contributed by atoms with van der Waals surface area (Å²) >= 11 is 0. The smallest absolute Gasteiger partial charge is 0.123 e. The summed E-state index contributed by atoms with van der Waals surface area (Å²) in [6.07, 6.45) is 0. The van der Waals surface area contributed by atoms with Gasteiger partial charge in [-0.2, -0.15) is 0 Å². The van der Waals surface area contributed by atoms with Crippen molar-refractivity contribution in [3.63, 3.8) is 0 Å². The van der Waals surface area contributed by atoms with E-state index in [1.54, 1.807) is 0 Å². The first-order valence-corrected chi connectivity index (χ1v) is 6.80.